The number of hydrogen-bond donors (Lipinski definition) is 4. The van der Waals surface area contributed by atoms with E-state index in [0.29, 0.717) is 58.1 Å². The van der Waals surface area contributed by atoms with E-state index in [4.69, 9.17) is 9.31 Å². The normalized spacial score (nSPS) is 13.7. The van der Waals surface area contributed by atoms with E-state index in [1.54, 1.807) is 56.3 Å². The largest absolute Gasteiger partial charge is 0.507 e. The van der Waals surface area contributed by atoms with Crippen molar-refractivity contribution >= 4 is 30.7 Å². The fraction of sp³-hybridized carbons (Fsp3) is 0.464. The van der Waals surface area contributed by atoms with E-state index >= 15 is 0 Å². The molecule has 0 saturated carbocycles. The van der Waals surface area contributed by atoms with Gasteiger partial charge in [-0.05, 0) is 177 Å². The lowest BCUT2D eigenvalue weighted by atomic mass is 9.81. The fourth-order valence-corrected chi connectivity index (χ4v) is 7.89. The third kappa shape index (κ3) is 14.6. The van der Waals surface area contributed by atoms with Crippen LogP contribution >= 0.6 is 0 Å². The summed E-state index contributed by atoms with van der Waals surface area (Å²) in [6, 6.07) is 18.1. The van der Waals surface area contributed by atoms with Crippen LogP contribution in [0.2, 0.25) is 6.32 Å². The first-order valence-corrected chi connectivity index (χ1v) is 23.0. The zero-order valence-corrected chi connectivity index (χ0v) is 42.7. The number of phenolic OH excluding ortho intramolecular Hbond substituents is 2. The van der Waals surface area contributed by atoms with E-state index in [9.17, 15) is 29.4 Å². The first-order valence-electron chi connectivity index (χ1n) is 23.0. The van der Waals surface area contributed by atoms with E-state index in [1.165, 1.54) is 10.0 Å². The molecule has 1 saturated heterocycles. The molecule has 0 atom stereocenters. The summed E-state index contributed by atoms with van der Waals surface area (Å²) in [4.78, 5) is 52.9. The highest BCUT2D eigenvalue weighted by Gasteiger charge is 2.50. The Morgan fingerprint density at radius 1 is 0.623 bits per heavy atom. The SMILES string of the molecule is C.C.C=CCc1ccc(C(=O)NN(C(=O)c2cc(C)cc(C)c2)C(C)(C)C)c(C)c1O.Cc1cc(C)cc(C(=O)N(NC(=O)c2ccc(CCCB3OC(C)(C)C(C)(C)O3)c(O)c2C)C(C)(C)C)c1. The number of amides is 4. The Labute approximate surface area is 414 Å². The number of nitrogens with zero attached hydrogens (tertiary/aromatic N) is 2. The van der Waals surface area contributed by atoms with Crippen molar-refractivity contribution in [3.8, 4) is 11.5 Å². The van der Waals surface area contributed by atoms with Crippen LogP contribution in [0.4, 0.5) is 0 Å². The van der Waals surface area contributed by atoms with E-state index in [1.807, 2.05) is 121 Å². The number of carbonyl (C=O) groups excluding carboxylic acids is 4. The molecule has 1 heterocycles. The van der Waals surface area contributed by atoms with Crippen LogP contribution in [0, 0.1) is 41.5 Å². The van der Waals surface area contributed by atoms with E-state index in [2.05, 4.69) is 17.4 Å². The van der Waals surface area contributed by atoms with Crippen LogP contribution in [0.3, 0.4) is 0 Å². The Bertz CT molecular complexity index is 2460. The zero-order chi connectivity index (χ0) is 50.6. The Balaban J connectivity index is 0.000000476. The average molecular weight is 949 g/mol. The smallest absolute Gasteiger partial charge is 0.457 e. The zero-order valence-electron chi connectivity index (χ0n) is 42.7. The van der Waals surface area contributed by atoms with Gasteiger partial charge in [0.2, 0.25) is 0 Å². The fourth-order valence-electron chi connectivity index (χ4n) is 7.89. The minimum absolute atomic E-state index is 0. The van der Waals surface area contributed by atoms with Crippen LogP contribution in [0.1, 0.15) is 176 Å². The van der Waals surface area contributed by atoms with Gasteiger partial charge in [-0.2, -0.15) is 0 Å². The van der Waals surface area contributed by atoms with Crippen molar-refractivity contribution in [3.63, 3.8) is 0 Å². The van der Waals surface area contributed by atoms with Crippen molar-refractivity contribution in [2.75, 3.05) is 0 Å². The first kappa shape index (κ1) is 59.2. The Hall–Kier alpha value is -5.92. The number of benzene rings is 4. The van der Waals surface area contributed by atoms with Crippen LogP contribution in [0.15, 0.2) is 73.3 Å². The molecule has 1 fully saturated rings. The average Bonchev–Trinajstić information content (AvgIpc) is 3.41. The number of rotatable bonds is 10. The standard InChI is InChI=1S/C30H43BN2O5.C24H30N2O3.2CH4/c1-19-16-20(2)18-23(17-19)27(36)33(28(4,5)6)32-26(35)24-14-13-22(25(34)21(24)3)12-11-15-31-37-29(7,8)30(9,10)38-31;1-8-9-18-10-11-20(17(4)21(18)27)22(28)25-26(24(5,6)7)23(29)19-13-15(2)12-16(3)14-19;;/h13-14,16-18,34H,11-12,15H2,1-10H3,(H,32,35);8,10-14,27H,1,9H2,2-7H3,(H,25,28);2*1H4. The number of hydrazine groups is 2. The molecule has 4 amide bonds. The van der Waals surface area contributed by atoms with Crippen molar-refractivity contribution in [2.45, 2.75) is 173 Å². The molecule has 4 aromatic rings. The van der Waals surface area contributed by atoms with Gasteiger partial charge in [-0.3, -0.25) is 30.0 Å². The monoisotopic (exact) mass is 949 g/mol. The molecule has 69 heavy (non-hydrogen) atoms. The number of aromatic hydroxyl groups is 2. The maximum absolute atomic E-state index is 13.4. The molecule has 13 heteroatoms. The van der Waals surface area contributed by atoms with Gasteiger partial charge in [0.25, 0.3) is 23.6 Å². The highest BCUT2D eigenvalue weighted by molar-refractivity contribution is 6.45. The van der Waals surface area contributed by atoms with Crippen LogP contribution in [0.25, 0.3) is 0 Å². The molecule has 1 aliphatic rings. The van der Waals surface area contributed by atoms with Crippen LogP contribution in [-0.2, 0) is 22.2 Å². The van der Waals surface area contributed by atoms with Crippen molar-refractivity contribution in [1.82, 2.24) is 20.9 Å². The van der Waals surface area contributed by atoms with Gasteiger partial charge < -0.3 is 19.5 Å². The van der Waals surface area contributed by atoms with Gasteiger partial charge in [0, 0.05) is 33.4 Å². The minimum atomic E-state index is -0.673. The summed E-state index contributed by atoms with van der Waals surface area (Å²) in [6.07, 6.45) is 4.29. The molecule has 0 bridgehead atoms. The first-order chi connectivity index (χ1) is 30.9. The molecule has 4 N–H and O–H groups in total. The second-order valence-corrected chi connectivity index (χ2v) is 20.8. The van der Waals surface area contributed by atoms with E-state index < -0.39 is 22.9 Å². The van der Waals surface area contributed by atoms with Gasteiger partial charge in [0.05, 0.1) is 22.3 Å². The summed E-state index contributed by atoms with van der Waals surface area (Å²) in [5, 5.41) is 24.0. The molecule has 0 radical (unpaired) electrons. The van der Waals surface area contributed by atoms with E-state index in [-0.39, 0.29) is 56.5 Å². The maximum atomic E-state index is 13.4. The highest BCUT2D eigenvalue weighted by atomic mass is 16.7. The lowest BCUT2D eigenvalue weighted by molar-refractivity contribution is 0.00578. The molecule has 12 nitrogen and oxygen atoms in total. The van der Waals surface area contributed by atoms with Gasteiger partial charge in [0.1, 0.15) is 11.5 Å². The third-order valence-corrected chi connectivity index (χ3v) is 12.2. The molecule has 1 aliphatic heterocycles. The molecule has 5 rings (SSSR count). The van der Waals surface area contributed by atoms with Gasteiger partial charge >= 0.3 is 7.12 Å². The Morgan fingerprint density at radius 3 is 1.32 bits per heavy atom. The number of allylic oxidation sites excluding steroid dienone is 1. The van der Waals surface area contributed by atoms with Crippen molar-refractivity contribution in [3.05, 3.63) is 140 Å². The van der Waals surface area contributed by atoms with Gasteiger partial charge in [-0.25, -0.2) is 10.0 Å². The quantitative estimate of drug-likeness (QED) is 0.0695. The molecular weight excluding hydrogens is 867 g/mol. The molecule has 376 valence electrons. The lowest BCUT2D eigenvalue weighted by Crippen LogP contribution is -2.56. The predicted molar refractivity (Wildman–Crippen MR) is 281 cm³/mol. The number of hydrogen-bond acceptors (Lipinski definition) is 8. The number of nitrogens with one attached hydrogen (secondary N) is 2. The lowest BCUT2D eigenvalue weighted by Gasteiger charge is -2.35. The Kier molecular flexibility index (Phi) is 19.8. The van der Waals surface area contributed by atoms with Crippen molar-refractivity contribution in [2.24, 2.45) is 0 Å². The summed E-state index contributed by atoms with van der Waals surface area (Å²) < 4.78 is 12.1. The Morgan fingerprint density at radius 2 is 0.971 bits per heavy atom. The van der Waals surface area contributed by atoms with E-state index in [0.717, 1.165) is 34.2 Å². The minimum Gasteiger partial charge on any atom is -0.507 e. The summed E-state index contributed by atoms with van der Waals surface area (Å²) >= 11 is 0. The van der Waals surface area contributed by atoms with Crippen molar-refractivity contribution in [1.29, 1.82) is 0 Å². The maximum Gasteiger partial charge on any atom is 0.457 e. The third-order valence-electron chi connectivity index (χ3n) is 12.2. The second kappa shape index (κ2) is 23.1. The predicted octanol–water partition coefficient (Wildman–Crippen LogP) is 11.8. The summed E-state index contributed by atoms with van der Waals surface area (Å²) in [6.45, 7) is 34.1. The summed E-state index contributed by atoms with van der Waals surface area (Å²) in [5.41, 5.74) is 11.4. The van der Waals surface area contributed by atoms with Crippen LogP contribution in [-0.4, -0.2) is 73.3 Å². The van der Waals surface area contributed by atoms with Crippen LogP contribution < -0.4 is 10.9 Å². The van der Waals surface area contributed by atoms with Gasteiger partial charge in [0.15, 0.2) is 0 Å². The highest BCUT2D eigenvalue weighted by Crippen LogP contribution is 2.38. The molecule has 0 aliphatic carbocycles. The van der Waals surface area contributed by atoms with Gasteiger partial charge in [-0.15, -0.1) is 6.58 Å². The van der Waals surface area contributed by atoms with Crippen molar-refractivity contribution < 1.29 is 38.7 Å². The number of aryl methyl sites for hydroxylation is 5. The summed E-state index contributed by atoms with van der Waals surface area (Å²) in [7, 11) is -0.286. The van der Waals surface area contributed by atoms with Gasteiger partial charge in [-0.1, -0.05) is 73.9 Å². The molecule has 0 aromatic heterocycles. The van der Waals surface area contributed by atoms with Crippen LogP contribution in [0.5, 0.6) is 11.5 Å². The molecule has 0 unspecified atom stereocenters. The molecule has 4 aromatic carbocycles. The number of carbonyl (C=O) groups is 4. The topological polar surface area (TPSA) is 158 Å². The summed E-state index contributed by atoms with van der Waals surface area (Å²) in [5.74, 6) is -1.32. The molecule has 0 spiro atoms. The second-order valence-electron chi connectivity index (χ2n) is 20.8. The number of phenols is 2. The molecular formula is C56H81BN4O8.